The van der Waals surface area contributed by atoms with Crippen molar-refractivity contribution in [2.75, 3.05) is 18.9 Å². The van der Waals surface area contributed by atoms with Gasteiger partial charge in [-0.05, 0) is 30.7 Å². The zero-order valence-electron chi connectivity index (χ0n) is 19.2. The molecule has 0 bridgehead atoms. The molecule has 174 valence electrons. The Morgan fingerprint density at radius 2 is 2.03 bits per heavy atom. The number of carbonyl (C=O) groups excluding carboxylic acids is 1. The van der Waals surface area contributed by atoms with E-state index in [1.165, 1.54) is 11.3 Å². The van der Waals surface area contributed by atoms with Gasteiger partial charge in [-0.2, -0.15) is 5.10 Å². The Bertz CT molecular complexity index is 1350. The van der Waals surface area contributed by atoms with E-state index in [1.54, 1.807) is 24.2 Å². The van der Waals surface area contributed by atoms with E-state index >= 15 is 0 Å². The minimum Gasteiger partial charge on any atom is -0.375 e. The Hall–Kier alpha value is -3.63. The number of likely N-dealkylation sites (tertiary alicyclic amines) is 1. The average molecular weight is 476 g/mol. The van der Waals surface area contributed by atoms with Crippen molar-refractivity contribution in [2.45, 2.75) is 25.5 Å². The second-order valence-corrected chi connectivity index (χ2v) is 9.33. The molecule has 3 aromatic heterocycles. The number of hydrogen-bond donors (Lipinski definition) is 2. The van der Waals surface area contributed by atoms with Crippen molar-refractivity contribution in [2.24, 2.45) is 7.05 Å². The lowest BCUT2D eigenvalue weighted by molar-refractivity contribution is -0.143. The van der Waals surface area contributed by atoms with E-state index < -0.39 is 5.60 Å². The molecule has 0 radical (unpaired) electrons. The first-order valence-electron chi connectivity index (χ1n) is 10.9. The standard InChI is InChI=1S/C24H25N7O2S/c1-15-11-18(29-31(15)3)13-26-23-25-9-7-19(28-23)20-14-34-21(27-20)16-5-4-6-17(12-16)24(33)8-10-30(2)22(24)32/h4-7,9,11-12,14,33H,8,10,13H2,1-3H3,(H,25,26,28)/t24-/m1/s1. The van der Waals surface area contributed by atoms with Crippen LogP contribution in [0.2, 0.25) is 0 Å². The molecule has 1 aliphatic heterocycles. The van der Waals surface area contributed by atoms with Gasteiger partial charge in [0.25, 0.3) is 5.91 Å². The lowest BCUT2D eigenvalue weighted by Crippen LogP contribution is -2.36. The maximum Gasteiger partial charge on any atom is 0.258 e. The van der Waals surface area contributed by atoms with Gasteiger partial charge in [0.05, 0.1) is 17.9 Å². The SMILES string of the molecule is Cc1cc(CNc2nccc(-c3csc(-c4cccc([C@]5(O)CCN(C)C5=O)c4)n3)n2)nn1C. The fraction of sp³-hybridized carbons (Fsp3) is 0.292. The van der Waals surface area contributed by atoms with Crippen LogP contribution in [0.5, 0.6) is 0 Å². The van der Waals surface area contributed by atoms with Crippen LogP contribution < -0.4 is 5.32 Å². The summed E-state index contributed by atoms with van der Waals surface area (Å²) < 4.78 is 1.83. The highest BCUT2D eigenvalue weighted by molar-refractivity contribution is 7.13. The molecule has 0 spiro atoms. The van der Waals surface area contributed by atoms with E-state index in [0.29, 0.717) is 36.7 Å². The molecule has 10 heteroatoms. The summed E-state index contributed by atoms with van der Waals surface area (Å²) in [5.74, 6) is 0.231. The number of benzene rings is 1. The summed E-state index contributed by atoms with van der Waals surface area (Å²) in [6.45, 7) is 3.07. The van der Waals surface area contributed by atoms with Gasteiger partial charge in [0.2, 0.25) is 5.95 Å². The number of rotatable bonds is 6. The number of nitrogens with one attached hydrogen (secondary N) is 1. The Morgan fingerprint density at radius 3 is 2.76 bits per heavy atom. The lowest BCUT2D eigenvalue weighted by atomic mass is 9.91. The number of anilines is 1. The number of aryl methyl sites for hydroxylation is 2. The molecule has 1 saturated heterocycles. The molecule has 1 aliphatic rings. The molecule has 1 atom stereocenters. The smallest absolute Gasteiger partial charge is 0.258 e. The molecule has 0 aliphatic carbocycles. The molecule has 4 heterocycles. The average Bonchev–Trinajstić information content (AvgIpc) is 3.54. The summed E-state index contributed by atoms with van der Waals surface area (Å²) >= 11 is 1.49. The highest BCUT2D eigenvalue weighted by Gasteiger charge is 2.45. The van der Waals surface area contributed by atoms with Crippen LogP contribution in [0.15, 0.2) is 48.0 Å². The number of aliphatic hydroxyl groups is 1. The summed E-state index contributed by atoms with van der Waals surface area (Å²) in [6.07, 6.45) is 2.08. The lowest BCUT2D eigenvalue weighted by Gasteiger charge is -2.21. The number of likely N-dealkylation sites (N-methyl/N-ethyl adjacent to an activating group) is 1. The number of carbonyl (C=O) groups is 1. The van der Waals surface area contributed by atoms with Crippen LogP contribution in [0.4, 0.5) is 5.95 Å². The molecule has 2 N–H and O–H groups in total. The Labute approximate surface area is 201 Å². The first-order chi connectivity index (χ1) is 16.3. The summed E-state index contributed by atoms with van der Waals surface area (Å²) in [5, 5.41) is 21.4. The predicted octanol–water partition coefficient (Wildman–Crippen LogP) is 2.97. The fourth-order valence-electron chi connectivity index (χ4n) is 4.03. The Kier molecular flexibility index (Phi) is 5.62. The number of thiazole rings is 1. The van der Waals surface area contributed by atoms with Crippen molar-refractivity contribution in [3.63, 3.8) is 0 Å². The molecule has 0 unspecified atom stereocenters. The van der Waals surface area contributed by atoms with Crippen molar-refractivity contribution in [3.05, 3.63) is 64.9 Å². The third kappa shape index (κ3) is 4.06. The van der Waals surface area contributed by atoms with Gasteiger partial charge in [0, 0.05) is 49.9 Å². The van der Waals surface area contributed by atoms with E-state index in [1.807, 2.05) is 54.4 Å². The Balaban J connectivity index is 1.35. The summed E-state index contributed by atoms with van der Waals surface area (Å²) in [6, 6.07) is 11.3. The first kappa shape index (κ1) is 22.2. The minimum atomic E-state index is -1.48. The van der Waals surface area contributed by atoms with Gasteiger partial charge in [-0.1, -0.05) is 18.2 Å². The zero-order valence-corrected chi connectivity index (χ0v) is 20.0. The zero-order chi connectivity index (χ0) is 23.9. The van der Waals surface area contributed by atoms with Crippen LogP contribution >= 0.6 is 11.3 Å². The van der Waals surface area contributed by atoms with Gasteiger partial charge in [-0.3, -0.25) is 9.48 Å². The second kappa shape index (κ2) is 8.62. The van der Waals surface area contributed by atoms with Gasteiger partial charge in [0.1, 0.15) is 10.7 Å². The van der Waals surface area contributed by atoms with Gasteiger partial charge in [-0.15, -0.1) is 11.3 Å². The molecule has 1 aromatic carbocycles. The third-order valence-electron chi connectivity index (χ3n) is 6.11. The predicted molar refractivity (Wildman–Crippen MR) is 130 cm³/mol. The molecular weight excluding hydrogens is 450 g/mol. The monoisotopic (exact) mass is 475 g/mol. The van der Waals surface area contributed by atoms with Crippen LogP contribution in [-0.4, -0.2) is 54.2 Å². The Morgan fingerprint density at radius 1 is 1.18 bits per heavy atom. The van der Waals surface area contributed by atoms with Crippen molar-refractivity contribution in [1.82, 2.24) is 29.6 Å². The summed E-state index contributed by atoms with van der Waals surface area (Å²) in [5.41, 5.74) is 3.40. The van der Waals surface area contributed by atoms with Gasteiger partial charge in [-0.25, -0.2) is 15.0 Å². The minimum absolute atomic E-state index is 0.272. The van der Waals surface area contributed by atoms with Crippen LogP contribution in [-0.2, 0) is 24.0 Å². The highest BCUT2D eigenvalue weighted by atomic mass is 32.1. The highest BCUT2D eigenvalue weighted by Crippen LogP contribution is 2.36. The summed E-state index contributed by atoms with van der Waals surface area (Å²) in [7, 11) is 3.62. The normalized spacial score (nSPS) is 18.0. The molecule has 34 heavy (non-hydrogen) atoms. The molecular formula is C24H25N7O2S. The molecule has 1 amide bonds. The molecule has 4 aromatic rings. The largest absolute Gasteiger partial charge is 0.375 e. The van der Waals surface area contributed by atoms with Crippen LogP contribution in [0.1, 0.15) is 23.4 Å². The topological polar surface area (TPSA) is 109 Å². The van der Waals surface area contributed by atoms with E-state index in [2.05, 4.69) is 20.4 Å². The molecule has 5 rings (SSSR count). The molecule has 9 nitrogen and oxygen atoms in total. The number of hydrogen-bond acceptors (Lipinski definition) is 8. The maximum absolute atomic E-state index is 12.5. The van der Waals surface area contributed by atoms with Gasteiger partial charge < -0.3 is 15.3 Å². The van der Waals surface area contributed by atoms with Crippen LogP contribution in [0.3, 0.4) is 0 Å². The summed E-state index contributed by atoms with van der Waals surface area (Å²) in [4.78, 5) is 27.7. The third-order valence-corrected chi connectivity index (χ3v) is 7.00. The first-order valence-corrected chi connectivity index (χ1v) is 11.8. The number of aromatic nitrogens is 5. The second-order valence-electron chi connectivity index (χ2n) is 8.48. The van der Waals surface area contributed by atoms with Crippen molar-refractivity contribution in [3.8, 4) is 22.0 Å². The van der Waals surface area contributed by atoms with Crippen LogP contribution in [0, 0.1) is 6.92 Å². The van der Waals surface area contributed by atoms with Crippen LogP contribution in [0.25, 0.3) is 22.0 Å². The van der Waals surface area contributed by atoms with E-state index in [0.717, 1.165) is 27.7 Å². The van der Waals surface area contributed by atoms with E-state index in [-0.39, 0.29) is 5.91 Å². The van der Waals surface area contributed by atoms with Gasteiger partial charge >= 0.3 is 0 Å². The van der Waals surface area contributed by atoms with E-state index in [9.17, 15) is 9.90 Å². The van der Waals surface area contributed by atoms with E-state index in [4.69, 9.17) is 4.98 Å². The van der Waals surface area contributed by atoms with Crippen molar-refractivity contribution in [1.29, 1.82) is 0 Å². The van der Waals surface area contributed by atoms with Gasteiger partial charge in [0.15, 0.2) is 5.60 Å². The fourth-order valence-corrected chi connectivity index (χ4v) is 4.84. The maximum atomic E-state index is 12.5. The molecule has 1 fully saturated rings. The van der Waals surface area contributed by atoms with Crippen molar-refractivity contribution >= 4 is 23.2 Å². The van der Waals surface area contributed by atoms with Crippen molar-refractivity contribution < 1.29 is 9.90 Å². The molecule has 0 saturated carbocycles. The quantitative estimate of drug-likeness (QED) is 0.441. The number of amides is 1. The number of nitrogens with zero attached hydrogens (tertiary/aromatic N) is 6.